The smallest absolute Gasteiger partial charge is 0.127 e. The van der Waals surface area contributed by atoms with Gasteiger partial charge in [0.05, 0.1) is 18.8 Å². The first kappa shape index (κ1) is 23.9. The molecule has 0 radical (unpaired) electrons. The zero-order valence-corrected chi connectivity index (χ0v) is 21.3. The lowest BCUT2D eigenvalue weighted by molar-refractivity contribution is 0.0374. The van der Waals surface area contributed by atoms with Crippen LogP contribution in [0.5, 0.6) is 11.5 Å². The summed E-state index contributed by atoms with van der Waals surface area (Å²) in [6.07, 6.45) is 2.67. The molecule has 0 saturated carbocycles. The number of methoxy groups -OCH3 is 1. The van der Waals surface area contributed by atoms with Gasteiger partial charge in [-0.3, -0.25) is 9.80 Å². The average Bonchev–Trinajstić information content (AvgIpc) is 3.35. The quantitative estimate of drug-likeness (QED) is 0.405. The fourth-order valence-electron chi connectivity index (χ4n) is 6.10. The lowest BCUT2D eigenvalue weighted by atomic mass is 9.82. The molecule has 2 atom stereocenters. The van der Waals surface area contributed by atoms with E-state index in [0.29, 0.717) is 18.0 Å². The third-order valence-electron chi connectivity index (χ3n) is 7.52. The van der Waals surface area contributed by atoms with Gasteiger partial charge in [0.15, 0.2) is 0 Å². The summed E-state index contributed by atoms with van der Waals surface area (Å²) in [6, 6.07) is 29.3. The van der Waals surface area contributed by atoms with Crippen LogP contribution in [0.2, 0.25) is 0 Å². The molecule has 2 fully saturated rings. The van der Waals surface area contributed by atoms with Crippen molar-refractivity contribution in [3.8, 4) is 11.5 Å². The van der Waals surface area contributed by atoms with Crippen LogP contribution in [0.3, 0.4) is 0 Å². The third kappa shape index (κ3) is 5.24. The lowest BCUT2D eigenvalue weighted by Crippen LogP contribution is -2.57. The zero-order valence-electron chi connectivity index (χ0n) is 21.3. The van der Waals surface area contributed by atoms with Gasteiger partial charge in [0.2, 0.25) is 0 Å². The molecule has 2 aliphatic heterocycles. The van der Waals surface area contributed by atoms with Crippen LogP contribution in [-0.2, 0) is 6.54 Å². The Labute approximate surface area is 210 Å². The molecular weight excluding hydrogens is 432 g/mol. The summed E-state index contributed by atoms with van der Waals surface area (Å²) in [7, 11) is 1.76. The largest absolute Gasteiger partial charge is 0.496 e. The summed E-state index contributed by atoms with van der Waals surface area (Å²) in [4.78, 5) is 5.44. The number of hydrogen-bond donors (Lipinski definition) is 0. The Bertz CT molecular complexity index is 1050. The molecule has 3 aromatic rings. The van der Waals surface area contributed by atoms with Gasteiger partial charge >= 0.3 is 0 Å². The summed E-state index contributed by atoms with van der Waals surface area (Å²) < 4.78 is 12.0. The molecule has 35 heavy (non-hydrogen) atoms. The SMILES string of the molecule is COc1cccc(OC(C)C)c1CN1CC2CCCN2C(C(c2ccccc2)c2ccccc2)C1. The van der Waals surface area contributed by atoms with Crippen molar-refractivity contribution >= 4 is 0 Å². The summed E-state index contributed by atoms with van der Waals surface area (Å²) in [5.41, 5.74) is 3.96. The van der Waals surface area contributed by atoms with E-state index in [1.807, 2.05) is 6.07 Å². The molecule has 0 bridgehead atoms. The van der Waals surface area contributed by atoms with Gasteiger partial charge in [-0.1, -0.05) is 66.7 Å². The Kier molecular flexibility index (Phi) is 7.40. The molecule has 2 saturated heterocycles. The Hall–Kier alpha value is -2.82. The summed E-state index contributed by atoms with van der Waals surface area (Å²) >= 11 is 0. The highest BCUT2D eigenvalue weighted by Crippen LogP contribution is 2.39. The van der Waals surface area contributed by atoms with Crippen molar-refractivity contribution in [1.82, 2.24) is 9.80 Å². The lowest BCUT2D eigenvalue weighted by Gasteiger charge is -2.47. The van der Waals surface area contributed by atoms with Crippen LogP contribution in [0.1, 0.15) is 49.3 Å². The van der Waals surface area contributed by atoms with E-state index in [0.717, 1.165) is 36.7 Å². The first-order valence-electron chi connectivity index (χ1n) is 13.0. The van der Waals surface area contributed by atoms with Crippen LogP contribution in [0.15, 0.2) is 78.9 Å². The Morgan fingerprint density at radius 3 is 2.11 bits per heavy atom. The number of fused-ring (bicyclic) bond motifs is 1. The number of ether oxygens (including phenoxy) is 2. The van der Waals surface area contributed by atoms with Crippen molar-refractivity contribution in [2.75, 3.05) is 26.7 Å². The number of benzene rings is 3. The maximum absolute atomic E-state index is 6.21. The van der Waals surface area contributed by atoms with Crippen molar-refractivity contribution in [3.63, 3.8) is 0 Å². The van der Waals surface area contributed by atoms with Crippen LogP contribution in [0.25, 0.3) is 0 Å². The van der Waals surface area contributed by atoms with Gasteiger partial charge in [-0.05, 0) is 56.5 Å². The van der Waals surface area contributed by atoms with Crippen molar-refractivity contribution < 1.29 is 9.47 Å². The summed E-state index contributed by atoms with van der Waals surface area (Å²) in [5.74, 6) is 2.19. The van der Waals surface area contributed by atoms with Gasteiger partial charge in [-0.25, -0.2) is 0 Å². The molecule has 0 aromatic heterocycles. The van der Waals surface area contributed by atoms with Crippen LogP contribution < -0.4 is 9.47 Å². The second kappa shape index (κ2) is 10.8. The van der Waals surface area contributed by atoms with E-state index in [1.165, 1.54) is 30.5 Å². The van der Waals surface area contributed by atoms with Gasteiger partial charge in [-0.2, -0.15) is 0 Å². The zero-order chi connectivity index (χ0) is 24.2. The molecule has 5 rings (SSSR count). The predicted molar refractivity (Wildman–Crippen MR) is 142 cm³/mol. The van der Waals surface area contributed by atoms with Crippen molar-refractivity contribution in [2.24, 2.45) is 0 Å². The number of piperazine rings is 1. The van der Waals surface area contributed by atoms with E-state index in [2.05, 4.69) is 96.4 Å². The van der Waals surface area contributed by atoms with E-state index in [4.69, 9.17) is 9.47 Å². The fraction of sp³-hybridized carbons (Fsp3) is 0.419. The number of nitrogens with zero attached hydrogens (tertiary/aromatic N) is 2. The van der Waals surface area contributed by atoms with Crippen LogP contribution in [0, 0.1) is 0 Å². The molecule has 4 nitrogen and oxygen atoms in total. The van der Waals surface area contributed by atoms with Crippen LogP contribution >= 0.6 is 0 Å². The molecule has 0 aliphatic carbocycles. The molecule has 0 spiro atoms. The molecule has 0 amide bonds. The van der Waals surface area contributed by atoms with Crippen molar-refractivity contribution in [2.45, 2.75) is 57.3 Å². The Balaban J connectivity index is 1.49. The molecule has 3 aromatic carbocycles. The standard InChI is InChI=1S/C31H38N2O2/c1-23(2)35-30-18-10-17-29(34-3)27(30)21-32-20-26-16-11-19-33(26)28(22-32)31(24-12-6-4-7-13-24)25-14-8-5-9-15-25/h4-10,12-15,17-18,23,26,28,31H,11,16,19-22H2,1-3H3. The first-order chi connectivity index (χ1) is 17.1. The molecular formula is C31H38N2O2. The number of rotatable bonds is 8. The Morgan fingerprint density at radius 2 is 1.49 bits per heavy atom. The summed E-state index contributed by atoms with van der Waals surface area (Å²) in [5, 5.41) is 0. The average molecular weight is 471 g/mol. The highest BCUT2D eigenvalue weighted by atomic mass is 16.5. The first-order valence-corrected chi connectivity index (χ1v) is 13.0. The van der Waals surface area contributed by atoms with E-state index in [9.17, 15) is 0 Å². The molecule has 2 heterocycles. The predicted octanol–water partition coefficient (Wildman–Crippen LogP) is 5.96. The highest BCUT2D eigenvalue weighted by molar-refractivity contribution is 5.45. The maximum atomic E-state index is 6.21. The maximum Gasteiger partial charge on any atom is 0.127 e. The minimum Gasteiger partial charge on any atom is -0.496 e. The van der Waals surface area contributed by atoms with E-state index in [1.54, 1.807) is 7.11 Å². The normalized spacial score (nSPS) is 20.8. The summed E-state index contributed by atoms with van der Waals surface area (Å²) in [6.45, 7) is 8.30. The van der Waals surface area contributed by atoms with Crippen molar-refractivity contribution in [3.05, 3.63) is 95.6 Å². The molecule has 2 unspecified atom stereocenters. The van der Waals surface area contributed by atoms with Crippen molar-refractivity contribution in [1.29, 1.82) is 0 Å². The Morgan fingerprint density at radius 1 is 0.829 bits per heavy atom. The second-order valence-corrected chi connectivity index (χ2v) is 10.2. The van der Waals surface area contributed by atoms with E-state index in [-0.39, 0.29) is 6.10 Å². The third-order valence-corrected chi connectivity index (χ3v) is 7.52. The van der Waals surface area contributed by atoms with Gasteiger partial charge in [-0.15, -0.1) is 0 Å². The van der Waals surface area contributed by atoms with E-state index < -0.39 is 0 Å². The minimum absolute atomic E-state index is 0.126. The van der Waals surface area contributed by atoms with E-state index >= 15 is 0 Å². The van der Waals surface area contributed by atoms with Gasteiger partial charge in [0.1, 0.15) is 11.5 Å². The second-order valence-electron chi connectivity index (χ2n) is 10.2. The fourth-order valence-corrected chi connectivity index (χ4v) is 6.10. The van der Waals surface area contributed by atoms with Gasteiger partial charge in [0, 0.05) is 37.6 Å². The number of hydrogen-bond acceptors (Lipinski definition) is 4. The molecule has 184 valence electrons. The van der Waals surface area contributed by atoms with Crippen LogP contribution in [-0.4, -0.2) is 54.7 Å². The highest BCUT2D eigenvalue weighted by Gasteiger charge is 2.42. The topological polar surface area (TPSA) is 24.9 Å². The monoisotopic (exact) mass is 470 g/mol. The molecule has 0 N–H and O–H groups in total. The minimum atomic E-state index is 0.126. The molecule has 2 aliphatic rings. The van der Waals surface area contributed by atoms with Crippen LogP contribution in [0.4, 0.5) is 0 Å². The molecule has 4 heteroatoms. The van der Waals surface area contributed by atoms with Gasteiger partial charge in [0.25, 0.3) is 0 Å². The van der Waals surface area contributed by atoms with Gasteiger partial charge < -0.3 is 9.47 Å².